The van der Waals surface area contributed by atoms with Gasteiger partial charge in [-0.2, -0.15) is 0 Å². The summed E-state index contributed by atoms with van der Waals surface area (Å²) in [5.74, 6) is 0.821. The number of hydrogen-bond donors (Lipinski definition) is 2. The van der Waals surface area contributed by atoms with Gasteiger partial charge in [0.05, 0.1) is 11.3 Å². The maximum absolute atomic E-state index is 12.5. The van der Waals surface area contributed by atoms with Crippen LogP contribution in [0.4, 0.5) is 5.69 Å². The molecule has 2 aliphatic carbocycles. The molecule has 3 atom stereocenters. The van der Waals surface area contributed by atoms with Crippen molar-refractivity contribution in [1.29, 1.82) is 0 Å². The number of allylic oxidation sites excluding steroid dienone is 2. The Morgan fingerprint density at radius 1 is 1.19 bits per heavy atom. The highest BCUT2D eigenvalue weighted by molar-refractivity contribution is 6.05. The van der Waals surface area contributed by atoms with Crippen molar-refractivity contribution in [2.45, 2.75) is 19.8 Å². The quantitative estimate of drug-likeness (QED) is 0.838. The number of aryl methyl sites for hydroxylation is 1. The lowest BCUT2D eigenvalue weighted by Crippen LogP contribution is -2.28. The highest BCUT2D eigenvalue weighted by Gasteiger charge is 2.39. The molecule has 1 aromatic carbocycles. The average molecular weight is 284 g/mol. The molecule has 1 fully saturated rings. The molecule has 3 unspecified atom stereocenters. The molecule has 0 aliphatic heterocycles. The lowest BCUT2D eigenvalue weighted by Gasteiger charge is -2.19. The Hall–Kier alpha value is -2.10. The van der Waals surface area contributed by atoms with Crippen LogP contribution in [-0.2, 0) is 4.79 Å². The van der Waals surface area contributed by atoms with Gasteiger partial charge in [0.25, 0.3) is 5.91 Å². The van der Waals surface area contributed by atoms with Gasteiger partial charge in [-0.25, -0.2) is 0 Å². The third-order valence-electron chi connectivity index (χ3n) is 4.60. The molecule has 21 heavy (non-hydrogen) atoms. The minimum Gasteiger partial charge on any atom is -0.355 e. The Bertz CT molecular complexity index is 621. The van der Waals surface area contributed by atoms with Crippen LogP contribution in [0.3, 0.4) is 0 Å². The summed E-state index contributed by atoms with van der Waals surface area (Å²) in [6.45, 7) is 1.88. The molecule has 110 valence electrons. The van der Waals surface area contributed by atoms with Crippen LogP contribution < -0.4 is 10.6 Å². The average Bonchev–Trinajstić information content (AvgIpc) is 3.09. The number of nitrogens with one attached hydrogen (secondary N) is 2. The third-order valence-corrected chi connectivity index (χ3v) is 4.60. The van der Waals surface area contributed by atoms with E-state index in [9.17, 15) is 9.59 Å². The normalized spacial score (nSPS) is 25.9. The number of hydrogen-bond acceptors (Lipinski definition) is 2. The van der Waals surface area contributed by atoms with Gasteiger partial charge in [-0.3, -0.25) is 9.59 Å². The van der Waals surface area contributed by atoms with Crippen LogP contribution in [0.2, 0.25) is 0 Å². The second kappa shape index (κ2) is 5.35. The van der Waals surface area contributed by atoms with E-state index in [2.05, 4.69) is 22.8 Å². The molecule has 2 aliphatic rings. The van der Waals surface area contributed by atoms with Crippen molar-refractivity contribution in [3.05, 3.63) is 41.5 Å². The van der Waals surface area contributed by atoms with Crippen LogP contribution >= 0.6 is 0 Å². The lowest BCUT2D eigenvalue weighted by atomic mass is 9.92. The molecule has 2 bridgehead atoms. The number of fused-ring (bicyclic) bond motifs is 2. The van der Waals surface area contributed by atoms with Crippen LogP contribution in [0.5, 0.6) is 0 Å². The van der Waals surface area contributed by atoms with Crippen LogP contribution in [-0.4, -0.2) is 18.9 Å². The molecular weight excluding hydrogens is 264 g/mol. The zero-order valence-electron chi connectivity index (χ0n) is 12.3. The largest absolute Gasteiger partial charge is 0.355 e. The SMILES string of the molecule is CNC(=O)c1c(C)cccc1NC(=O)C1CC2C=CC1C2. The van der Waals surface area contributed by atoms with E-state index in [-0.39, 0.29) is 17.7 Å². The van der Waals surface area contributed by atoms with Gasteiger partial charge >= 0.3 is 0 Å². The second-order valence-electron chi connectivity index (χ2n) is 5.95. The van der Waals surface area contributed by atoms with E-state index in [1.54, 1.807) is 13.1 Å². The predicted octanol–water partition coefficient (Wildman–Crippen LogP) is 2.51. The molecule has 1 saturated carbocycles. The van der Waals surface area contributed by atoms with Crippen molar-refractivity contribution in [2.75, 3.05) is 12.4 Å². The molecule has 0 aromatic heterocycles. The van der Waals surface area contributed by atoms with E-state index in [0.717, 1.165) is 18.4 Å². The van der Waals surface area contributed by atoms with Gasteiger partial charge in [0.15, 0.2) is 0 Å². The van der Waals surface area contributed by atoms with Crippen molar-refractivity contribution in [3.8, 4) is 0 Å². The molecule has 1 aromatic rings. The standard InChI is InChI=1S/C17H20N2O2/c1-10-4-3-5-14(15(10)17(21)18-2)19-16(20)13-9-11-6-7-12(13)8-11/h3-7,11-13H,8-9H2,1-2H3,(H,18,21)(H,19,20). The summed E-state index contributed by atoms with van der Waals surface area (Å²) >= 11 is 0. The predicted molar refractivity (Wildman–Crippen MR) is 82.0 cm³/mol. The summed E-state index contributed by atoms with van der Waals surface area (Å²) in [6, 6.07) is 5.52. The molecule has 4 heteroatoms. The van der Waals surface area contributed by atoms with Gasteiger partial charge in [0, 0.05) is 13.0 Å². The smallest absolute Gasteiger partial charge is 0.253 e. The molecule has 0 radical (unpaired) electrons. The van der Waals surface area contributed by atoms with Crippen LogP contribution in [0.15, 0.2) is 30.4 Å². The Labute approximate surface area is 124 Å². The number of carbonyl (C=O) groups is 2. The minimum absolute atomic E-state index is 0.0302. The van der Waals surface area contributed by atoms with Crippen molar-refractivity contribution in [3.63, 3.8) is 0 Å². The van der Waals surface area contributed by atoms with E-state index in [1.807, 2.05) is 19.1 Å². The van der Waals surface area contributed by atoms with Gasteiger partial charge in [0.2, 0.25) is 5.91 Å². The fourth-order valence-electron chi connectivity index (χ4n) is 3.51. The zero-order chi connectivity index (χ0) is 15.0. The van der Waals surface area contributed by atoms with Crippen molar-refractivity contribution in [2.24, 2.45) is 17.8 Å². The summed E-state index contributed by atoms with van der Waals surface area (Å²) in [5.41, 5.74) is 2.01. The van der Waals surface area contributed by atoms with E-state index >= 15 is 0 Å². The van der Waals surface area contributed by atoms with E-state index < -0.39 is 0 Å². The minimum atomic E-state index is -0.170. The van der Waals surface area contributed by atoms with Crippen molar-refractivity contribution < 1.29 is 9.59 Å². The molecule has 3 rings (SSSR count). The first kappa shape index (κ1) is 13.9. The number of anilines is 1. The molecule has 2 N–H and O–H groups in total. The third kappa shape index (κ3) is 2.46. The summed E-state index contributed by atoms with van der Waals surface area (Å²) in [4.78, 5) is 24.5. The highest BCUT2D eigenvalue weighted by atomic mass is 16.2. The van der Waals surface area contributed by atoms with Crippen LogP contribution in [0.1, 0.15) is 28.8 Å². The lowest BCUT2D eigenvalue weighted by molar-refractivity contribution is -0.120. The summed E-state index contributed by atoms with van der Waals surface area (Å²) in [6.07, 6.45) is 6.40. The van der Waals surface area contributed by atoms with E-state index in [0.29, 0.717) is 23.1 Å². The first-order valence-corrected chi connectivity index (χ1v) is 7.41. The maximum atomic E-state index is 12.5. The second-order valence-corrected chi connectivity index (χ2v) is 5.95. The van der Waals surface area contributed by atoms with Crippen molar-refractivity contribution >= 4 is 17.5 Å². The fourth-order valence-corrected chi connectivity index (χ4v) is 3.51. The van der Waals surface area contributed by atoms with Gasteiger partial charge in [0.1, 0.15) is 0 Å². The van der Waals surface area contributed by atoms with Gasteiger partial charge < -0.3 is 10.6 Å². The van der Waals surface area contributed by atoms with Gasteiger partial charge in [-0.15, -0.1) is 0 Å². The summed E-state index contributed by atoms with van der Waals surface area (Å²) in [7, 11) is 1.60. The first-order chi connectivity index (χ1) is 10.1. The zero-order valence-corrected chi connectivity index (χ0v) is 12.3. The number of amides is 2. The topological polar surface area (TPSA) is 58.2 Å². The highest BCUT2D eigenvalue weighted by Crippen LogP contribution is 2.43. The molecule has 4 nitrogen and oxygen atoms in total. The maximum Gasteiger partial charge on any atom is 0.253 e. The molecule has 0 saturated heterocycles. The number of rotatable bonds is 3. The first-order valence-electron chi connectivity index (χ1n) is 7.41. The molecule has 2 amide bonds. The van der Waals surface area contributed by atoms with E-state index in [4.69, 9.17) is 0 Å². The number of carbonyl (C=O) groups excluding carboxylic acids is 2. The molecule has 0 heterocycles. The van der Waals surface area contributed by atoms with Gasteiger partial charge in [-0.05, 0) is 43.2 Å². The Balaban J connectivity index is 1.82. The van der Waals surface area contributed by atoms with Crippen LogP contribution in [0.25, 0.3) is 0 Å². The summed E-state index contributed by atoms with van der Waals surface area (Å²) < 4.78 is 0. The molecule has 0 spiro atoms. The fraction of sp³-hybridized carbons (Fsp3) is 0.412. The van der Waals surface area contributed by atoms with E-state index in [1.165, 1.54) is 0 Å². The van der Waals surface area contributed by atoms with Gasteiger partial charge in [-0.1, -0.05) is 24.3 Å². The monoisotopic (exact) mass is 284 g/mol. The van der Waals surface area contributed by atoms with Crippen molar-refractivity contribution in [1.82, 2.24) is 5.32 Å². The number of benzene rings is 1. The summed E-state index contributed by atoms with van der Waals surface area (Å²) in [5, 5.41) is 5.59. The van der Waals surface area contributed by atoms with Crippen LogP contribution in [0, 0.1) is 24.7 Å². The Morgan fingerprint density at radius 2 is 2.00 bits per heavy atom. The Morgan fingerprint density at radius 3 is 2.62 bits per heavy atom. The Kier molecular flexibility index (Phi) is 3.53. The molecular formula is C17H20N2O2.